The Morgan fingerprint density at radius 1 is 1.28 bits per heavy atom. The second kappa shape index (κ2) is 8.53. The van der Waals surface area contributed by atoms with E-state index in [9.17, 15) is 0 Å². The van der Waals surface area contributed by atoms with Crippen LogP contribution in [-0.4, -0.2) is 43.3 Å². The van der Waals surface area contributed by atoms with Crippen LogP contribution in [-0.2, 0) is 0 Å². The molecule has 1 saturated heterocycles. The van der Waals surface area contributed by atoms with Crippen LogP contribution >= 0.6 is 0 Å². The maximum atomic E-state index is 5.96. The van der Waals surface area contributed by atoms with Gasteiger partial charge in [0.05, 0.1) is 13.7 Å². The minimum Gasteiger partial charge on any atom is -0.493 e. The van der Waals surface area contributed by atoms with Gasteiger partial charge in [0.1, 0.15) is 5.82 Å². The van der Waals surface area contributed by atoms with Crippen molar-refractivity contribution >= 4 is 17.5 Å². The lowest BCUT2D eigenvalue weighted by molar-refractivity contribution is 0.275. The molecule has 134 valence electrons. The van der Waals surface area contributed by atoms with E-state index >= 15 is 0 Å². The fourth-order valence-corrected chi connectivity index (χ4v) is 2.87. The van der Waals surface area contributed by atoms with Gasteiger partial charge in [-0.05, 0) is 44.0 Å². The highest BCUT2D eigenvalue weighted by Crippen LogP contribution is 2.31. The van der Waals surface area contributed by atoms with Crippen molar-refractivity contribution in [3.8, 4) is 11.5 Å². The summed E-state index contributed by atoms with van der Waals surface area (Å²) in [5.41, 5.74) is 0.850. The molecule has 7 nitrogen and oxygen atoms in total. The van der Waals surface area contributed by atoms with Crippen LogP contribution in [0, 0.1) is 0 Å². The van der Waals surface area contributed by atoms with Gasteiger partial charge in [0.15, 0.2) is 11.5 Å². The summed E-state index contributed by atoms with van der Waals surface area (Å²) >= 11 is 0. The molecule has 0 aliphatic carbocycles. The van der Waals surface area contributed by atoms with E-state index in [1.54, 1.807) is 13.3 Å². The predicted octanol–water partition coefficient (Wildman–Crippen LogP) is 2.79. The van der Waals surface area contributed by atoms with Gasteiger partial charge >= 0.3 is 0 Å². The van der Waals surface area contributed by atoms with E-state index in [0.29, 0.717) is 18.6 Å². The van der Waals surface area contributed by atoms with Crippen LogP contribution in [0.5, 0.6) is 11.5 Å². The molecule has 2 aromatic rings. The molecule has 1 aliphatic heterocycles. The lowest BCUT2D eigenvalue weighted by Crippen LogP contribution is -2.23. The molecule has 0 bridgehead atoms. The predicted molar refractivity (Wildman–Crippen MR) is 99.0 cm³/mol. The molecule has 1 aliphatic rings. The van der Waals surface area contributed by atoms with Crippen molar-refractivity contribution < 1.29 is 9.47 Å². The van der Waals surface area contributed by atoms with Crippen LogP contribution in [0.2, 0.25) is 0 Å². The number of anilines is 3. The average Bonchev–Trinajstić information content (AvgIpc) is 3.16. The topological polar surface area (TPSA) is 80.3 Å². The van der Waals surface area contributed by atoms with Gasteiger partial charge in [-0.1, -0.05) is 0 Å². The Morgan fingerprint density at radius 2 is 2.20 bits per heavy atom. The SMILES string of the molecule is CNc1ccnc(Nc2ccc(OC)c(OCCC3CCCN3)c2)n1. The van der Waals surface area contributed by atoms with Crippen molar-refractivity contribution in [2.45, 2.75) is 25.3 Å². The van der Waals surface area contributed by atoms with E-state index in [1.807, 2.05) is 31.3 Å². The summed E-state index contributed by atoms with van der Waals surface area (Å²) in [6, 6.07) is 8.08. The van der Waals surface area contributed by atoms with Crippen LogP contribution in [0.1, 0.15) is 19.3 Å². The maximum Gasteiger partial charge on any atom is 0.229 e. The molecule has 25 heavy (non-hydrogen) atoms. The van der Waals surface area contributed by atoms with E-state index in [0.717, 1.165) is 36.0 Å². The van der Waals surface area contributed by atoms with Crippen LogP contribution in [0.4, 0.5) is 17.5 Å². The van der Waals surface area contributed by atoms with E-state index in [-0.39, 0.29) is 0 Å². The number of methoxy groups -OCH3 is 1. The van der Waals surface area contributed by atoms with Crippen LogP contribution < -0.4 is 25.4 Å². The smallest absolute Gasteiger partial charge is 0.229 e. The summed E-state index contributed by atoms with van der Waals surface area (Å²) in [6.45, 7) is 1.77. The first kappa shape index (κ1) is 17.3. The third kappa shape index (κ3) is 4.73. The molecule has 7 heteroatoms. The summed E-state index contributed by atoms with van der Waals surface area (Å²) in [5.74, 6) is 2.72. The van der Waals surface area contributed by atoms with Crippen molar-refractivity contribution in [2.24, 2.45) is 0 Å². The Hall–Kier alpha value is -2.54. The molecule has 0 saturated carbocycles. The number of ether oxygens (including phenoxy) is 2. The number of hydrogen-bond donors (Lipinski definition) is 3. The third-order valence-electron chi connectivity index (χ3n) is 4.22. The fraction of sp³-hybridized carbons (Fsp3) is 0.444. The van der Waals surface area contributed by atoms with Crippen molar-refractivity contribution in [1.82, 2.24) is 15.3 Å². The van der Waals surface area contributed by atoms with Crippen LogP contribution in [0.25, 0.3) is 0 Å². The highest BCUT2D eigenvalue weighted by molar-refractivity contribution is 5.60. The minimum atomic E-state index is 0.526. The van der Waals surface area contributed by atoms with Crippen molar-refractivity contribution in [2.75, 3.05) is 37.9 Å². The lowest BCUT2D eigenvalue weighted by atomic mass is 10.2. The highest BCUT2D eigenvalue weighted by Gasteiger charge is 2.14. The Labute approximate surface area is 148 Å². The van der Waals surface area contributed by atoms with Crippen LogP contribution in [0.3, 0.4) is 0 Å². The second-order valence-electron chi connectivity index (χ2n) is 5.94. The number of nitrogens with zero attached hydrogens (tertiary/aromatic N) is 2. The summed E-state index contributed by atoms with van der Waals surface area (Å²) < 4.78 is 11.4. The van der Waals surface area contributed by atoms with Gasteiger partial charge in [-0.2, -0.15) is 4.98 Å². The summed E-state index contributed by atoms with van der Waals surface area (Å²) in [5, 5.41) is 9.67. The largest absolute Gasteiger partial charge is 0.493 e. The molecule has 2 heterocycles. The van der Waals surface area contributed by atoms with Gasteiger partial charge in [0.2, 0.25) is 5.95 Å². The molecule has 3 N–H and O–H groups in total. The van der Waals surface area contributed by atoms with E-state index in [1.165, 1.54) is 12.8 Å². The Morgan fingerprint density at radius 3 is 2.96 bits per heavy atom. The number of aromatic nitrogens is 2. The van der Waals surface area contributed by atoms with Crippen molar-refractivity contribution in [3.63, 3.8) is 0 Å². The Bertz CT molecular complexity index is 689. The minimum absolute atomic E-state index is 0.526. The van der Waals surface area contributed by atoms with Gasteiger partial charge in [-0.3, -0.25) is 0 Å². The zero-order valence-electron chi connectivity index (χ0n) is 14.7. The van der Waals surface area contributed by atoms with Gasteiger partial charge in [0.25, 0.3) is 0 Å². The number of benzene rings is 1. The molecular formula is C18H25N5O2. The first-order valence-corrected chi connectivity index (χ1v) is 8.60. The maximum absolute atomic E-state index is 5.96. The van der Waals surface area contributed by atoms with E-state index in [4.69, 9.17) is 9.47 Å². The number of nitrogens with one attached hydrogen (secondary N) is 3. The molecule has 0 radical (unpaired) electrons. The fourth-order valence-electron chi connectivity index (χ4n) is 2.87. The average molecular weight is 343 g/mol. The van der Waals surface area contributed by atoms with E-state index in [2.05, 4.69) is 25.9 Å². The zero-order valence-corrected chi connectivity index (χ0v) is 14.7. The molecule has 3 rings (SSSR count). The van der Waals surface area contributed by atoms with Gasteiger partial charge < -0.3 is 25.4 Å². The zero-order chi connectivity index (χ0) is 17.5. The molecule has 1 fully saturated rings. The normalized spacial score (nSPS) is 16.5. The molecule has 1 unspecified atom stereocenters. The first-order chi connectivity index (χ1) is 12.3. The number of hydrogen-bond acceptors (Lipinski definition) is 7. The van der Waals surface area contributed by atoms with Crippen molar-refractivity contribution in [3.05, 3.63) is 30.5 Å². The highest BCUT2D eigenvalue weighted by atomic mass is 16.5. The summed E-state index contributed by atoms with van der Waals surface area (Å²) in [4.78, 5) is 8.59. The molecule has 1 aromatic heterocycles. The first-order valence-electron chi connectivity index (χ1n) is 8.60. The lowest BCUT2D eigenvalue weighted by Gasteiger charge is -2.15. The third-order valence-corrected chi connectivity index (χ3v) is 4.22. The summed E-state index contributed by atoms with van der Waals surface area (Å²) in [6.07, 6.45) is 5.17. The summed E-state index contributed by atoms with van der Waals surface area (Å²) in [7, 11) is 3.47. The Kier molecular flexibility index (Phi) is 5.90. The number of rotatable bonds is 8. The second-order valence-corrected chi connectivity index (χ2v) is 5.94. The quantitative estimate of drug-likeness (QED) is 0.680. The standard InChI is InChI=1S/C18H25N5O2/c1-19-17-7-10-21-18(23-17)22-14-5-6-15(24-2)16(12-14)25-11-8-13-4-3-9-20-13/h5-7,10,12-13,20H,3-4,8-9,11H2,1-2H3,(H2,19,21,22,23). The molecule has 1 aromatic carbocycles. The molecular weight excluding hydrogens is 318 g/mol. The molecule has 0 spiro atoms. The van der Waals surface area contributed by atoms with Gasteiger partial charge in [-0.15, -0.1) is 0 Å². The Balaban J connectivity index is 1.65. The molecule has 0 amide bonds. The monoisotopic (exact) mass is 343 g/mol. The van der Waals surface area contributed by atoms with E-state index < -0.39 is 0 Å². The molecule has 1 atom stereocenters. The van der Waals surface area contributed by atoms with Crippen LogP contribution in [0.15, 0.2) is 30.5 Å². The van der Waals surface area contributed by atoms with Gasteiger partial charge in [0, 0.05) is 31.0 Å². The van der Waals surface area contributed by atoms with Gasteiger partial charge in [-0.25, -0.2) is 4.98 Å². The van der Waals surface area contributed by atoms with Crippen molar-refractivity contribution in [1.29, 1.82) is 0 Å².